The number of aliphatic carboxylic acids is 1. The summed E-state index contributed by atoms with van der Waals surface area (Å²) in [5, 5.41) is 8.89. The van der Waals surface area contributed by atoms with Crippen LogP contribution in [0, 0.1) is 0 Å². The van der Waals surface area contributed by atoms with Crippen LogP contribution in [0.1, 0.15) is 194 Å². The highest BCUT2D eigenvalue weighted by atomic mass is 31.2. The number of allylic oxidation sites excluding steroid dienone is 6. The van der Waals surface area contributed by atoms with Gasteiger partial charge in [0.25, 0.3) is 0 Å². The van der Waals surface area contributed by atoms with Crippen LogP contribution < -0.4 is 5.73 Å². The van der Waals surface area contributed by atoms with E-state index in [2.05, 4.69) is 50.3 Å². The molecule has 0 fully saturated rings. The van der Waals surface area contributed by atoms with Gasteiger partial charge in [0.1, 0.15) is 12.1 Å². The number of phosphoric acid groups is 1. The van der Waals surface area contributed by atoms with Gasteiger partial charge in [-0.15, -0.1) is 0 Å². The number of nitrogens with two attached hydrogens (primary N) is 1. The Morgan fingerprint density at radius 2 is 1.05 bits per heavy atom. The van der Waals surface area contributed by atoms with Crippen molar-refractivity contribution in [2.24, 2.45) is 5.73 Å². The summed E-state index contributed by atoms with van der Waals surface area (Å²) in [7, 11) is -4.62. The zero-order valence-corrected chi connectivity index (χ0v) is 35.9. The third-order valence-electron chi connectivity index (χ3n) is 9.43. The Hall–Kier alpha value is -1.81. The summed E-state index contributed by atoms with van der Waals surface area (Å²) in [6.07, 6.45) is 44.8. The molecule has 0 aliphatic heterocycles. The van der Waals surface area contributed by atoms with Gasteiger partial charge in [-0.2, -0.15) is 0 Å². The maximum Gasteiger partial charge on any atom is 0.472 e. The normalized spacial score (nSPS) is 14.3. The molecule has 0 aromatic rings. The van der Waals surface area contributed by atoms with E-state index < -0.39 is 45.1 Å². The Labute approximate surface area is 336 Å². The molecule has 0 bridgehead atoms. The van der Waals surface area contributed by atoms with Crippen molar-refractivity contribution in [2.45, 2.75) is 206 Å². The molecule has 55 heavy (non-hydrogen) atoms. The number of hydrogen-bond acceptors (Lipinski definition) is 8. The van der Waals surface area contributed by atoms with Gasteiger partial charge >= 0.3 is 19.8 Å². The minimum atomic E-state index is -4.62. The van der Waals surface area contributed by atoms with Crippen LogP contribution in [0.4, 0.5) is 0 Å². The molecule has 0 spiro atoms. The fourth-order valence-corrected chi connectivity index (χ4v) is 6.81. The third kappa shape index (κ3) is 40.2. The Balaban J connectivity index is 4.23. The second-order valence-corrected chi connectivity index (χ2v) is 16.3. The molecule has 0 heterocycles. The second kappa shape index (κ2) is 40.4. The zero-order chi connectivity index (χ0) is 40.5. The van der Waals surface area contributed by atoms with Crippen LogP contribution >= 0.6 is 7.82 Å². The van der Waals surface area contributed by atoms with E-state index in [1.165, 1.54) is 109 Å². The largest absolute Gasteiger partial charge is 0.480 e. The number of hydrogen-bond donors (Lipinski definition) is 3. The lowest BCUT2D eigenvalue weighted by Gasteiger charge is -2.20. The van der Waals surface area contributed by atoms with Crippen molar-refractivity contribution in [2.75, 3.05) is 26.4 Å². The molecule has 4 N–H and O–H groups in total. The fraction of sp³-hybridized carbons (Fsp3) is 0.818. The fourth-order valence-electron chi connectivity index (χ4n) is 6.03. The van der Waals surface area contributed by atoms with Crippen molar-refractivity contribution in [1.29, 1.82) is 0 Å². The van der Waals surface area contributed by atoms with Crippen LogP contribution in [0.25, 0.3) is 0 Å². The van der Waals surface area contributed by atoms with Crippen molar-refractivity contribution >= 4 is 19.8 Å². The summed E-state index contributed by atoms with van der Waals surface area (Å²) >= 11 is 0. The van der Waals surface area contributed by atoms with E-state index in [0.29, 0.717) is 13.0 Å². The van der Waals surface area contributed by atoms with Crippen molar-refractivity contribution in [3.63, 3.8) is 0 Å². The topological polar surface area (TPSA) is 155 Å². The van der Waals surface area contributed by atoms with Gasteiger partial charge in [-0.05, 0) is 44.9 Å². The summed E-state index contributed by atoms with van der Waals surface area (Å²) < 4.78 is 33.4. The van der Waals surface area contributed by atoms with E-state index in [1.54, 1.807) is 0 Å². The molecule has 0 aromatic heterocycles. The van der Waals surface area contributed by atoms with Gasteiger partial charge in [-0.3, -0.25) is 18.6 Å². The average molecular weight is 800 g/mol. The van der Waals surface area contributed by atoms with Gasteiger partial charge in [0.2, 0.25) is 0 Å². The van der Waals surface area contributed by atoms with Gasteiger partial charge < -0.3 is 25.2 Å². The van der Waals surface area contributed by atoms with Crippen molar-refractivity contribution in [1.82, 2.24) is 0 Å². The van der Waals surface area contributed by atoms with Crippen LogP contribution in [-0.2, 0) is 32.7 Å². The highest BCUT2D eigenvalue weighted by Crippen LogP contribution is 2.43. The van der Waals surface area contributed by atoms with Crippen LogP contribution in [-0.4, -0.2) is 60.5 Å². The van der Waals surface area contributed by atoms with E-state index in [1.807, 2.05) is 0 Å². The number of carbonyl (C=O) groups excluding carboxylic acids is 1. The summed E-state index contributed by atoms with van der Waals surface area (Å²) in [5.74, 6) is -1.78. The number of unbranched alkanes of at least 4 members (excludes halogenated alkanes) is 22. The number of phosphoric ester groups is 1. The molecule has 0 saturated heterocycles. The summed E-state index contributed by atoms with van der Waals surface area (Å²) in [6.45, 7) is 3.76. The highest BCUT2D eigenvalue weighted by Gasteiger charge is 2.27. The first-order valence-corrected chi connectivity index (χ1v) is 23.5. The molecule has 0 rings (SSSR count). The molecular weight excluding hydrogens is 717 g/mol. The molecule has 0 amide bonds. The molecule has 10 nitrogen and oxygen atoms in total. The minimum absolute atomic E-state index is 0.0103. The van der Waals surface area contributed by atoms with Gasteiger partial charge in [0, 0.05) is 13.0 Å². The molecule has 0 radical (unpaired) electrons. The van der Waals surface area contributed by atoms with Gasteiger partial charge in [0.05, 0.1) is 19.8 Å². The second-order valence-electron chi connectivity index (χ2n) is 14.8. The SMILES string of the molecule is CC/C=C\C/C=C\C/C=C\CCCCCCCCOCC(COP(=O)(O)OCC(N)C(=O)O)OC(=O)CCCCCCCCCCCCCCCCCCC. The molecule has 11 heteroatoms. The summed E-state index contributed by atoms with van der Waals surface area (Å²) in [5.41, 5.74) is 5.35. The monoisotopic (exact) mass is 800 g/mol. The number of carboxylic acid groups (broad SMARTS) is 1. The van der Waals surface area contributed by atoms with E-state index in [4.69, 9.17) is 29.4 Å². The molecule has 0 aliphatic carbocycles. The summed E-state index contributed by atoms with van der Waals surface area (Å²) in [4.78, 5) is 33.5. The van der Waals surface area contributed by atoms with Gasteiger partial charge in [0.15, 0.2) is 0 Å². The molecule has 322 valence electrons. The van der Waals surface area contributed by atoms with Crippen LogP contribution in [0.2, 0.25) is 0 Å². The molecular formula is C44H82NO9P. The Kier molecular flexibility index (Phi) is 39.1. The molecule has 3 unspecified atom stereocenters. The first-order chi connectivity index (χ1) is 26.7. The van der Waals surface area contributed by atoms with E-state index in [9.17, 15) is 19.0 Å². The standard InChI is InChI=1S/C44H82NO9P/c1-3-5-7-9-11-13-15-17-19-21-22-24-26-28-30-32-34-36-43(46)54-41(39-52-55(49,50)53-40-42(45)44(47)48)38-51-37-35-33-31-29-27-25-23-20-18-16-14-12-10-8-6-4-2/h6,8,12,14,18,20,41-42H,3-5,7,9-11,13,15-17,19,21-40,45H2,1-2H3,(H,47,48)(H,49,50)/b8-6-,14-12-,20-18-. The smallest absolute Gasteiger partial charge is 0.472 e. The third-order valence-corrected chi connectivity index (χ3v) is 10.4. The van der Waals surface area contributed by atoms with Gasteiger partial charge in [-0.1, -0.05) is 179 Å². The van der Waals surface area contributed by atoms with Gasteiger partial charge in [-0.25, -0.2) is 4.57 Å². The van der Waals surface area contributed by atoms with Crippen LogP contribution in [0.5, 0.6) is 0 Å². The lowest BCUT2D eigenvalue weighted by Crippen LogP contribution is -2.34. The Bertz CT molecular complexity index is 1020. The minimum Gasteiger partial charge on any atom is -0.480 e. The van der Waals surface area contributed by atoms with Crippen LogP contribution in [0.3, 0.4) is 0 Å². The molecule has 0 aliphatic rings. The Morgan fingerprint density at radius 1 is 0.600 bits per heavy atom. The lowest BCUT2D eigenvalue weighted by atomic mass is 10.0. The van der Waals surface area contributed by atoms with Crippen molar-refractivity contribution in [3.05, 3.63) is 36.5 Å². The number of esters is 1. The lowest BCUT2D eigenvalue weighted by molar-refractivity contribution is -0.154. The first kappa shape index (κ1) is 53.2. The number of rotatable bonds is 42. The Morgan fingerprint density at radius 3 is 1.58 bits per heavy atom. The predicted octanol–water partition coefficient (Wildman–Crippen LogP) is 12.1. The molecule has 0 saturated carbocycles. The summed E-state index contributed by atoms with van der Waals surface area (Å²) in [6, 6.07) is -1.47. The predicted molar refractivity (Wildman–Crippen MR) is 226 cm³/mol. The maximum atomic E-state index is 12.6. The first-order valence-electron chi connectivity index (χ1n) is 22.0. The molecule has 0 aromatic carbocycles. The van der Waals surface area contributed by atoms with E-state index in [-0.39, 0.29) is 13.0 Å². The van der Waals surface area contributed by atoms with E-state index in [0.717, 1.165) is 57.8 Å². The van der Waals surface area contributed by atoms with E-state index >= 15 is 0 Å². The maximum absolute atomic E-state index is 12.6. The quantitative estimate of drug-likeness (QED) is 0.0235. The average Bonchev–Trinajstić information content (AvgIpc) is 3.16. The van der Waals surface area contributed by atoms with Crippen molar-refractivity contribution < 1.29 is 42.7 Å². The molecule has 3 atom stereocenters. The highest BCUT2D eigenvalue weighted by molar-refractivity contribution is 7.47. The number of ether oxygens (including phenoxy) is 2. The number of carbonyl (C=O) groups is 2. The zero-order valence-electron chi connectivity index (χ0n) is 35.0. The van der Waals surface area contributed by atoms with Crippen LogP contribution in [0.15, 0.2) is 36.5 Å². The van der Waals surface area contributed by atoms with Crippen molar-refractivity contribution in [3.8, 4) is 0 Å². The number of carboxylic acids is 1.